The lowest BCUT2D eigenvalue weighted by Crippen LogP contribution is -1.93. The quantitative estimate of drug-likeness (QED) is 0.528. The Morgan fingerprint density at radius 2 is 2.07 bits per heavy atom. The maximum Gasteiger partial charge on any atom is 0.123 e. The summed E-state index contributed by atoms with van der Waals surface area (Å²) in [5, 5.41) is 0. The average molecular weight is 206 g/mol. The van der Waals surface area contributed by atoms with Crippen molar-refractivity contribution in [2.45, 2.75) is 13.5 Å². The minimum absolute atomic E-state index is 0.271. The molecule has 0 fully saturated rings. The largest absolute Gasteiger partial charge is 0.373 e. The van der Waals surface area contributed by atoms with Gasteiger partial charge < -0.3 is 4.74 Å². The molecule has 0 aliphatic rings. The van der Waals surface area contributed by atoms with Crippen LogP contribution < -0.4 is 0 Å². The highest BCUT2D eigenvalue weighted by Crippen LogP contribution is 2.07. The second-order valence-corrected chi connectivity index (χ2v) is 3.33. The molecular formula is C13H15FO. The Morgan fingerprint density at radius 1 is 1.40 bits per heavy atom. The Labute approximate surface area is 89.9 Å². The van der Waals surface area contributed by atoms with E-state index in [9.17, 15) is 4.39 Å². The Morgan fingerprint density at radius 3 is 2.67 bits per heavy atom. The van der Waals surface area contributed by atoms with Gasteiger partial charge in [0.2, 0.25) is 0 Å². The molecule has 0 aliphatic heterocycles. The minimum Gasteiger partial charge on any atom is -0.373 e. The Bertz CT molecular complexity index is 341. The third-order valence-electron chi connectivity index (χ3n) is 1.90. The van der Waals surface area contributed by atoms with Gasteiger partial charge in [0.1, 0.15) is 5.83 Å². The normalized spacial score (nSPS) is 11.5. The van der Waals surface area contributed by atoms with Crippen molar-refractivity contribution in [1.29, 1.82) is 0 Å². The van der Waals surface area contributed by atoms with Crippen LogP contribution >= 0.6 is 0 Å². The van der Waals surface area contributed by atoms with Crippen LogP contribution in [0.4, 0.5) is 4.39 Å². The van der Waals surface area contributed by atoms with Crippen molar-refractivity contribution in [2.75, 3.05) is 6.61 Å². The lowest BCUT2D eigenvalue weighted by molar-refractivity contribution is 0.147. The fourth-order valence-corrected chi connectivity index (χ4v) is 1.06. The molecule has 1 aromatic rings. The molecule has 0 atom stereocenters. The summed E-state index contributed by atoms with van der Waals surface area (Å²) >= 11 is 0. The third kappa shape index (κ3) is 4.56. The van der Waals surface area contributed by atoms with Crippen LogP contribution in [0.2, 0.25) is 0 Å². The van der Waals surface area contributed by atoms with E-state index >= 15 is 0 Å². The van der Waals surface area contributed by atoms with Gasteiger partial charge in [0, 0.05) is 0 Å². The molecule has 1 aromatic carbocycles. The summed E-state index contributed by atoms with van der Waals surface area (Å²) in [6.07, 6.45) is 1.39. The third-order valence-corrected chi connectivity index (χ3v) is 1.90. The average Bonchev–Trinajstić information content (AvgIpc) is 2.25. The zero-order valence-corrected chi connectivity index (χ0v) is 8.87. The van der Waals surface area contributed by atoms with Gasteiger partial charge in [-0.2, -0.15) is 0 Å². The maximum absolute atomic E-state index is 12.9. The fraction of sp³-hybridized carbons (Fsp3) is 0.231. The van der Waals surface area contributed by atoms with E-state index in [1.54, 1.807) is 6.92 Å². The van der Waals surface area contributed by atoms with Crippen LogP contribution in [-0.2, 0) is 11.3 Å². The van der Waals surface area contributed by atoms with E-state index in [-0.39, 0.29) is 12.4 Å². The Hall–Kier alpha value is -1.41. The van der Waals surface area contributed by atoms with Gasteiger partial charge in [0.15, 0.2) is 0 Å². The molecular weight excluding hydrogens is 191 g/mol. The van der Waals surface area contributed by atoms with Crippen LogP contribution in [-0.4, -0.2) is 6.61 Å². The van der Waals surface area contributed by atoms with Crippen molar-refractivity contribution in [1.82, 2.24) is 0 Å². The number of halogens is 1. The molecule has 0 saturated carbocycles. The summed E-state index contributed by atoms with van der Waals surface area (Å²) in [6.45, 7) is 5.89. The van der Waals surface area contributed by atoms with Crippen LogP contribution in [0.3, 0.4) is 0 Å². The Kier molecular flexibility index (Phi) is 4.78. The first kappa shape index (κ1) is 11.7. The molecule has 0 saturated heterocycles. The smallest absolute Gasteiger partial charge is 0.123 e. The highest BCUT2D eigenvalue weighted by molar-refractivity contribution is 5.19. The second kappa shape index (κ2) is 6.14. The van der Waals surface area contributed by atoms with Crippen LogP contribution in [0.5, 0.6) is 0 Å². The zero-order chi connectivity index (χ0) is 11.1. The van der Waals surface area contributed by atoms with Gasteiger partial charge in [-0.1, -0.05) is 36.9 Å². The molecule has 15 heavy (non-hydrogen) atoms. The van der Waals surface area contributed by atoms with Crippen molar-refractivity contribution >= 4 is 0 Å². The monoisotopic (exact) mass is 206 g/mol. The number of benzene rings is 1. The van der Waals surface area contributed by atoms with Crippen molar-refractivity contribution < 1.29 is 9.13 Å². The fourth-order valence-electron chi connectivity index (χ4n) is 1.06. The van der Waals surface area contributed by atoms with Crippen molar-refractivity contribution in [3.63, 3.8) is 0 Å². The molecule has 0 bridgehead atoms. The zero-order valence-electron chi connectivity index (χ0n) is 8.87. The minimum atomic E-state index is -0.303. The number of rotatable bonds is 5. The summed E-state index contributed by atoms with van der Waals surface area (Å²) in [5.41, 5.74) is 1.51. The molecule has 0 radical (unpaired) electrons. The lowest BCUT2D eigenvalue weighted by atomic mass is 10.2. The molecule has 80 valence electrons. The predicted octanol–water partition coefficient (Wildman–Crippen LogP) is 3.63. The van der Waals surface area contributed by atoms with Crippen LogP contribution in [0.25, 0.3) is 0 Å². The van der Waals surface area contributed by atoms with E-state index in [0.717, 1.165) is 5.56 Å². The van der Waals surface area contributed by atoms with Gasteiger partial charge in [0.05, 0.1) is 13.2 Å². The molecule has 0 aliphatic carbocycles. The van der Waals surface area contributed by atoms with Gasteiger partial charge >= 0.3 is 0 Å². The number of hydrogen-bond donors (Lipinski definition) is 0. The van der Waals surface area contributed by atoms with E-state index in [1.165, 1.54) is 6.08 Å². The van der Waals surface area contributed by atoms with Gasteiger partial charge in [-0.25, -0.2) is 4.39 Å². The number of hydrogen-bond acceptors (Lipinski definition) is 1. The first-order valence-corrected chi connectivity index (χ1v) is 4.83. The molecule has 0 amide bonds. The van der Waals surface area contributed by atoms with Crippen LogP contribution in [0, 0.1) is 0 Å². The molecule has 1 nitrogen and oxygen atoms in total. The molecule has 0 N–H and O–H groups in total. The Balaban J connectivity index is 2.29. The summed E-state index contributed by atoms with van der Waals surface area (Å²) in [4.78, 5) is 0. The molecule has 0 spiro atoms. The van der Waals surface area contributed by atoms with Crippen LogP contribution in [0.1, 0.15) is 12.5 Å². The van der Waals surface area contributed by atoms with Crippen molar-refractivity contribution in [2.24, 2.45) is 0 Å². The maximum atomic E-state index is 12.9. The van der Waals surface area contributed by atoms with Crippen molar-refractivity contribution in [3.8, 4) is 0 Å². The summed E-state index contributed by atoms with van der Waals surface area (Å²) in [7, 11) is 0. The van der Waals surface area contributed by atoms with E-state index in [0.29, 0.717) is 12.2 Å². The molecule has 0 unspecified atom stereocenters. The van der Waals surface area contributed by atoms with Gasteiger partial charge in [0.25, 0.3) is 0 Å². The number of allylic oxidation sites excluding steroid dienone is 2. The highest BCUT2D eigenvalue weighted by atomic mass is 19.1. The van der Waals surface area contributed by atoms with E-state index in [2.05, 4.69) is 6.58 Å². The summed E-state index contributed by atoms with van der Waals surface area (Å²) < 4.78 is 18.2. The summed E-state index contributed by atoms with van der Waals surface area (Å²) in [6, 6.07) is 9.79. The van der Waals surface area contributed by atoms with Crippen molar-refractivity contribution in [3.05, 3.63) is 60.0 Å². The standard InChI is InChI=1S/C13H15FO/c1-11(2)13(14)8-9-15-10-12-6-4-3-5-7-12/h3-8H,1,9-10H2,2H3/b13-8+. The topological polar surface area (TPSA) is 9.23 Å². The molecule has 0 aromatic heterocycles. The first-order chi connectivity index (χ1) is 7.20. The second-order valence-electron chi connectivity index (χ2n) is 3.33. The van der Waals surface area contributed by atoms with Gasteiger partial charge in [-0.05, 0) is 24.1 Å². The number of ether oxygens (including phenoxy) is 1. The van der Waals surface area contributed by atoms with E-state index in [4.69, 9.17) is 4.74 Å². The highest BCUT2D eigenvalue weighted by Gasteiger charge is 1.94. The molecule has 0 heterocycles. The predicted molar refractivity (Wildman–Crippen MR) is 60.1 cm³/mol. The first-order valence-electron chi connectivity index (χ1n) is 4.83. The van der Waals surface area contributed by atoms with Gasteiger partial charge in [-0.3, -0.25) is 0 Å². The molecule has 1 rings (SSSR count). The van der Waals surface area contributed by atoms with Gasteiger partial charge in [-0.15, -0.1) is 0 Å². The molecule has 2 heteroatoms. The van der Waals surface area contributed by atoms with E-state index < -0.39 is 0 Å². The van der Waals surface area contributed by atoms with Crippen LogP contribution in [0.15, 0.2) is 54.4 Å². The summed E-state index contributed by atoms with van der Waals surface area (Å²) in [5.74, 6) is -0.303. The van der Waals surface area contributed by atoms with E-state index in [1.807, 2.05) is 30.3 Å². The SMILES string of the molecule is C=C(C)/C(F)=C\COCc1ccccc1. The lowest BCUT2D eigenvalue weighted by Gasteiger charge is -2.01.